The van der Waals surface area contributed by atoms with Crippen LogP contribution >= 0.6 is 23.2 Å². The number of hydrogen-bond acceptors (Lipinski definition) is 3. The molecule has 1 fully saturated rings. The summed E-state index contributed by atoms with van der Waals surface area (Å²) in [5.74, 6) is -0.160. The molecule has 6 nitrogen and oxygen atoms in total. The highest BCUT2D eigenvalue weighted by atomic mass is 35.5. The number of amides is 2. The molecule has 24 heavy (non-hydrogen) atoms. The first-order valence-corrected chi connectivity index (χ1v) is 8.17. The van der Waals surface area contributed by atoms with Crippen LogP contribution in [0.25, 0.3) is 10.9 Å². The van der Waals surface area contributed by atoms with Gasteiger partial charge in [0.25, 0.3) is 5.91 Å². The predicted octanol–water partition coefficient (Wildman–Crippen LogP) is 3.37. The molecule has 1 atom stereocenters. The molecule has 0 bridgehead atoms. The lowest BCUT2D eigenvalue weighted by Crippen LogP contribution is -2.55. The minimum atomic E-state index is -0.965. The molecule has 0 aliphatic carbocycles. The van der Waals surface area contributed by atoms with Gasteiger partial charge in [-0.3, -0.25) is 4.79 Å². The molecule has 1 aliphatic heterocycles. The van der Waals surface area contributed by atoms with Crippen molar-refractivity contribution in [2.45, 2.75) is 13.0 Å². The van der Waals surface area contributed by atoms with Crippen molar-refractivity contribution >= 4 is 46.1 Å². The molecule has 1 saturated heterocycles. The van der Waals surface area contributed by atoms with Gasteiger partial charge >= 0.3 is 6.09 Å². The number of carboxylic acid groups (broad SMARTS) is 1. The van der Waals surface area contributed by atoms with Crippen LogP contribution in [0, 0.1) is 0 Å². The molecule has 0 spiro atoms. The van der Waals surface area contributed by atoms with Gasteiger partial charge in [0.2, 0.25) is 0 Å². The Morgan fingerprint density at radius 1 is 1.25 bits per heavy atom. The van der Waals surface area contributed by atoms with Gasteiger partial charge in [-0.25, -0.2) is 9.78 Å². The standard InChI is InChI=1S/C16H15Cl2N3O3/c1-9-8-20(16(23)24)4-5-21(9)15(22)10-2-3-11-12(17)7-14(18)19-13(11)6-10/h2-3,6-7,9H,4-5,8H2,1H3,(H,23,24)/t9-/m0/s1. The summed E-state index contributed by atoms with van der Waals surface area (Å²) in [6, 6.07) is 6.45. The van der Waals surface area contributed by atoms with Crippen LogP contribution < -0.4 is 0 Å². The Kier molecular flexibility index (Phi) is 4.51. The maximum Gasteiger partial charge on any atom is 0.407 e. The van der Waals surface area contributed by atoms with Gasteiger partial charge in [-0.2, -0.15) is 0 Å². The van der Waals surface area contributed by atoms with Gasteiger partial charge in [-0.1, -0.05) is 29.3 Å². The van der Waals surface area contributed by atoms with Gasteiger partial charge in [-0.15, -0.1) is 0 Å². The van der Waals surface area contributed by atoms with Crippen molar-refractivity contribution in [3.05, 3.63) is 40.0 Å². The Morgan fingerprint density at radius 3 is 2.67 bits per heavy atom. The fraction of sp³-hybridized carbons (Fsp3) is 0.312. The lowest BCUT2D eigenvalue weighted by atomic mass is 10.1. The van der Waals surface area contributed by atoms with Crippen LogP contribution in [-0.4, -0.2) is 57.6 Å². The average Bonchev–Trinajstić information content (AvgIpc) is 2.53. The fourth-order valence-corrected chi connectivity index (χ4v) is 3.41. The van der Waals surface area contributed by atoms with E-state index in [0.717, 1.165) is 5.39 Å². The van der Waals surface area contributed by atoms with Crippen molar-refractivity contribution < 1.29 is 14.7 Å². The number of rotatable bonds is 1. The van der Waals surface area contributed by atoms with E-state index in [0.29, 0.717) is 35.7 Å². The van der Waals surface area contributed by atoms with Gasteiger partial charge in [0.1, 0.15) is 5.15 Å². The smallest absolute Gasteiger partial charge is 0.407 e. The number of carbonyl (C=O) groups excluding carboxylic acids is 1. The highest BCUT2D eigenvalue weighted by Gasteiger charge is 2.30. The zero-order valence-corrected chi connectivity index (χ0v) is 14.4. The van der Waals surface area contributed by atoms with E-state index in [1.165, 1.54) is 4.90 Å². The van der Waals surface area contributed by atoms with E-state index >= 15 is 0 Å². The van der Waals surface area contributed by atoms with Crippen LogP contribution in [0.2, 0.25) is 10.2 Å². The van der Waals surface area contributed by atoms with Crippen molar-refractivity contribution in [1.29, 1.82) is 0 Å². The van der Waals surface area contributed by atoms with Gasteiger partial charge in [-0.05, 0) is 25.1 Å². The number of piperazine rings is 1. The van der Waals surface area contributed by atoms with Crippen LogP contribution in [0.1, 0.15) is 17.3 Å². The fourth-order valence-electron chi connectivity index (χ4n) is 2.89. The molecule has 2 amide bonds. The minimum absolute atomic E-state index is 0.160. The predicted molar refractivity (Wildman–Crippen MR) is 91.9 cm³/mol. The first kappa shape index (κ1) is 16.8. The summed E-state index contributed by atoms with van der Waals surface area (Å²) in [7, 11) is 0. The SMILES string of the molecule is C[C@H]1CN(C(=O)O)CCN1C(=O)c1ccc2c(Cl)cc(Cl)nc2c1. The average molecular weight is 368 g/mol. The quantitative estimate of drug-likeness (QED) is 0.784. The number of aromatic nitrogens is 1. The van der Waals surface area contributed by atoms with Gasteiger partial charge in [0.15, 0.2) is 0 Å². The summed E-state index contributed by atoms with van der Waals surface area (Å²) in [6.07, 6.45) is -0.965. The van der Waals surface area contributed by atoms with E-state index in [1.54, 1.807) is 29.2 Å². The highest BCUT2D eigenvalue weighted by Crippen LogP contribution is 2.26. The third-order valence-corrected chi connectivity index (χ3v) is 4.64. The largest absolute Gasteiger partial charge is 0.465 e. The van der Waals surface area contributed by atoms with Crippen LogP contribution in [0.5, 0.6) is 0 Å². The van der Waals surface area contributed by atoms with Gasteiger partial charge < -0.3 is 14.9 Å². The number of fused-ring (bicyclic) bond motifs is 1. The molecule has 2 aromatic rings. The van der Waals surface area contributed by atoms with Gasteiger partial charge in [0, 0.05) is 36.6 Å². The second-order valence-electron chi connectivity index (χ2n) is 5.73. The minimum Gasteiger partial charge on any atom is -0.465 e. The molecule has 0 saturated carbocycles. The lowest BCUT2D eigenvalue weighted by molar-refractivity contribution is 0.0484. The summed E-state index contributed by atoms with van der Waals surface area (Å²) in [5.41, 5.74) is 1.03. The molecule has 1 aromatic carbocycles. The Bertz CT molecular complexity index is 828. The normalized spacial score (nSPS) is 18.0. The molecule has 1 aliphatic rings. The second-order valence-corrected chi connectivity index (χ2v) is 6.53. The summed E-state index contributed by atoms with van der Waals surface area (Å²) in [5, 5.41) is 10.5. The Balaban J connectivity index is 1.87. The zero-order chi connectivity index (χ0) is 17.4. The summed E-state index contributed by atoms with van der Waals surface area (Å²) in [4.78, 5) is 31.0. The lowest BCUT2D eigenvalue weighted by Gasteiger charge is -2.38. The van der Waals surface area contributed by atoms with Crippen LogP contribution in [0.3, 0.4) is 0 Å². The van der Waals surface area contributed by atoms with E-state index in [1.807, 2.05) is 6.92 Å². The van der Waals surface area contributed by atoms with Crippen LogP contribution in [-0.2, 0) is 0 Å². The highest BCUT2D eigenvalue weighted by molar-refractivity contribution is 6.37. The molecular weight excluding hydrogens is 353 g/mol. The summed E-state index contributed by atoms with van der Waals surface area (Å²) in [6.45, 7) is 2.79. The Labute approximate surface area is 148 Å². The van der Waals surface area contributed by atoms with Crippen molar-refractivity contribution in [3.8, 4) is 0 Å². The molecule has 1 aromatic heterocycles. The topological polar surface area (TPSA) is 73.7 Å². The van der Waals surface area contributed by atoms with Crippen molar-refractivity contribution in [3.63, 3.8) is 0 Å². The molecule has 0 radical (unpaired) electrons. The van der Waals surface area contributed by atoms with Crippen molar-refractivity contribution in [1.82, 2.24) is 14.8 Å². The molecule has 1 N–H and O–H groups in total. The van der Waals surface area contributed by atoms with Crippen LogP contribution in [0.4, 0.5) is 4.79 Å². The molecule has 126 valence electrons. The maximum absolute atomic E-state index is 12.8. The molecule has 0 unspecified atom stereocenters. The molecule has 2 heterocycles. The number of pyridine rings is 1. The monoisotopic (exact) mass is 367 g/mol. The third kappa shape index (κ3) is 3.12. The summed E-state index contributed by atoms with van der Waals surface area (Å²) >= 11 is 12.1. The number of benzene rings is 1. The summed E-state index contributed by atoms with van der Waals surface area (Å²) < 4.78 is 0. The van der Waals surface area contributed by atoms with E-state index in [4.69, 9.17) is 28.3 Å². The first-order chi connectivity index (χ1) is 11.4. The molecule has 8 heteroatoms. The maximum atomic E-state index is 12.8. The number of hydrogen-bond donors (Lipinski definition) is 1. The Hall–Kier alpha value is -2.05. The number of carbonyl (C=O) groups is 2. The van der Waals surface area contributed by atoms with E-state index in [2.05, 4.69) is 4.98 Å². The Morgan fingerprint density at radius 2 is 2.00 bits per heavy atom. The molecule has 3 rings (SSSR count). The van der Waals surface area contributed by atoms with Crippen molar-refractivity contribution in [2.24, 2.45) is 0 Å². The van der Waals surface area contributed by atoms with Crippen molar-refractivity contribution in [2.75, 3.05) is 19.6 Å². The van der Waals surface area contributed by atoms with Gasteiger partial charge in [0.05, 0.1) is 10.5 Å². The first-order valence-electron chi connectivity index (χ1n) is 7.41. The zero-order valence-electron chi connectivity index (χ0n) is 12.9. The van der Waals surface area contributed by atoms with Crippen LogP contribution in [0.15, 0.2) is 24.3 Å². The number of nitrogens with zero attached hydrogens (tertiary/aromatic N) is 3. The third-order valence-electron chi connectivity index (χ3n) is 4.13. The number of halogens is 2. The molecular formula is C16H15Cl2N3O3. The van der Waals surface area contributed by atoms with E-state index in [-0.39, 0.29) is 17.1 Å². The second kappa shape index (κ2) is 6.45. The van der Waals surface area contributed by atoms with E-state index < -0.39 is 6.09 Å². The van der Waals surface area contributed by atoms with E-state index in [9.17, 15) is 9.59 Å².